The van der Waals surface area contributed by atoms with E-state index < -0.39 is 5.82 Å². The fraction of sp³-hybridized carbons (Fsp3) is 0.292. The third-order valence-corrected chi connectivity index (χ3v) is 5.44. The second-order valence-electron chi connectivity index (χ2n) is 7.66. The number of hydrogen-bond donors (Lipinski definition) is 1. The molecule has 1 aliphatic rings. The van der Waals surface area contributed by atoms with E-state index in [1.54, 1.807) is 18.2 Å². The number of anilines is 2. The quantitative estimate of drug-likeness (QED) is 0.570. The van der Waals surface area contributed by atoms with Crippen molar-refractivity contribution in [2.75, 3.05) is 11.9 Å². The summed E-state index contributed by atoms with van der Waals surface area (Å²) in [6.07, 6.45) is 4.87. The van der Waals surface area contributed by atoms with Crippen molar-refractivity contribution in [1.29, 1.82) is 0 Å². The topological polar surface area (TPSA) is 58.1 Å². The molecule has 4 rings (SSSR count). The van der Waals surface area contributed by atoms with Gasteiger partial charge < -0.3 is 10.2 Å². The van der Waals surface area contributed by atoms with Gasteiger partial charge >= 0.3 is 0 Å². The number of nitrogens with one attached hydrogen (secondary N) is 1. The van der Waals surface area contributed by atoms with E-state index in [9.17, 15) is 13.6 Å². The van der Waals surface area contributed by atoms with Crippen LogP contribution in [0.4, 0.5) is 20.4 Å². The Morgan fingerprint density at radius 1 is 1.03 bits per heavy atom. The van der Waals surface area contributed by atoms with Crippen LogP contribution in [0, 0.1) is 11.6 Å². The van der Waals surface area contributed by atoms with Crippen molar-refractivity contribution in [2.45, 2.75) is 38.1 Å². The van der Waals surface area contributed by atoms with Gasteiger partial charge in [-0.1, -0.05) is 18.2 Å². The molecule has 7 heteroatoms. The van der Waals surface area contributed by atoms with Crippen LogP contribution in [0.15, 0.2) is 60.8 Å². The Hall–Kier alpha value is -3.35. The zero-order chi connectivity index (χ0) is 21.6. The van der Waals surface area contributed by atoms with Crippen molar-refractivity contribution in [3.63, 3.8) is 0 Å². The molecular weight excluding hydrogens is 398 g/mol. The van der Waals surface area contributed by atoms with Crippen LogP contribution in [0.2, 0.25) is 0 Å². The van der Waals surface area contributed by atoms with Crippen molar-refractivity contribution in [2.24, 2.45) is 0 Å². The number of carbonyl (C=O) groups excluding carboxylic acids is 1. The van der Waals surface area contributed by atoms with Gasteiger partial charge in [0.25, 0.3) is 0 Å². The van der Waals surface area contributed by atoms with Crippen LogP contribution in [-0.2, 0) is 11.2 Å². The Morgan fingerprint density at radius 3 is 2.61 bits per heavy atom. The van der Waals surface area contributed by atoms with Crippen molar-refractivity contribution in [1.82, 2.24) is 14.9 Å². The van der Waals surface area contributed by atoms with Gasteiger partial charge in [-0.25, -0.2) is 18.7 Å². The van der Waals surface area contributed by atoms with Gasteiger partial charge in [0.1, 0.15) is 23.3 Å². The highest BCUT2D eigenvalue weighted by molar-refractivity contribution is 5.77. The molecule has 0 bridgehead atoms. The van der Waals surface area contributed by atoms with E-state index in [0.29, 0.717) is 18.1 Å². The standard InChI is InChI=1S/C24H24F2N4O/c25-18-11-9-17(10-12-18)4-1-8-24(31)30-15-3-6-21(30)20-5-2-7-23(28-20)29-22-14-13-19(26)16-27-22/h2,5,7,9-14,16,21H,1,3-4,6,8,15H2,(H,27,28,29)/t21-/m0/s1. The Bertz CT molecular complexity index is 1020. The van der Waals surface area contributed by atoms with E-state index in [-0.39, 0.29) is 17.8 Å². The fourth-order valence-corrected chi connectivity index (χ4v) is 3.90. The van der Waals surface area contributed by atoms with Gasteiger partial charge in [0.15, 0.2) is 0 Å². The molecule has 0 unspecified atom stereocenters. The first-order valence-corrected chi connectivity index (χ1v) is 10.5. The zero-order valence-electron chi connectivity index (χ0n) is 17.1. The summed E-state index contributed by atoms with van der Waals surface area (Å²) >= 11 is 0. The maximum atomic E-state index is 13.1. The van der Waals surface area contributed by atoms with Crippen LogP contribution in [0.5, 0.6) is 0 Å². The number of rotatable bonds is 7. The van der Waals surface area contributed by atoms with Gasteiger partial charge in [-0.15, -0.1) is 0 Å². The van der Waals surface area contributed by atoms with E-state index in [1.165, 1.54) is 18.2 Å². The molecule has 1 aliphatic heterocycles. The van der Waals surface area contributed by atoms with Gasteiger partial charge in [0, 0.05) is 13.0 Å². The van der Waals surface area contributed by atoms with Gasteiger partial charge in [0.05, 0.1) is 17.9 Å². The van der Waals surface area contributed by atoms with Crippen molar-refractivity contribution < 1.29 is 13.6 Å². The van der Waals surface area contributed by atoms with Gasteiger partial charge in [-0.05, 0) is 67.6 Å². The lowest BCUT2D eigenvalue weighted by atomic mass is 10.1. The van der Waals surface area contributed by atoms with E-state index >= 15 is 0 Å². The SMILES string of the molecule is O=C(CCCc1ccc(F)cc1)N1CCC[C@H]1c1cccc(Nc2ccc(F)cn2)n1. The third-order valence-electron chi connectivity index (χ3n) is 5.44. The van der Waals surface area contributed by atoms with Crippen molar-refractivity contribution in [3.8, 4) is 0 Å². The van der Waals surface area contributed by atoms with Crippen LogP contribution in [0.25, 0.3) is 0 Å². The first kappa shape index (κ1) is 20.9. The molecule has 1 saturated heterocycles. The molecule has 1 amide bonds. The molecule has 0 saturated carbocycles. The summed E-state index contributed by atoms with van der Waals surface area (Å²) < 4.78 is 26.1. The van der Waals surface area contributed by atoms with Crippen molar-refractivity contribution >= 4 is 17.5 Å². The summed E-state index contributed by atoms with van der Waals surface area (Å²) in [6, 6.07) is 14.9. The van der Waals surface area contributed by atoms with E-state index in [0.717, 1.165) is 49.7 Å². The molecule has 3 heterocycles. The fourth-order valence-electron chi connectivity index (χ4n) is 3.90. The molecule has 0 aliphatic carbocycles. The molecule has 1 atom stereocenters. The monoisotopic (exact) mass is 422 g/mol. The van der Waals surface area contributed by atoms with Crippen LogP contribution < -0.4 is 5.32 Å². The third kappa shape index (κ3) is 5.42. The first-order valence-electron chi connectivity index (χ1n) is 10.5. The molecule has 2 aromatic heterocycles. The largest absolute Gasteiger partial charge is 0.334 e. The number of aromatic nitrogens is 2. The number of likely N-dealkylation sites (tertiary alicyclic amines) is 1. The summed E-state index contributed by atoms with van der Waals surface area (Å²) in [5.41, 5.74) is 1.86. The number of nitrogens with zero attached hydrogens (tertiary/aromatic N) is 3. The second-order valence-corrected chi connectivity index (χ2v) is 7.66. The summed E-state index contributed by atoms with van der Waals surface area (Å²) in [7, 11) is 0. The first-order chi connectivity index (χ1) is 15.1. The Balaban J connectivity index is 1.37. The molecule has 0 spiro atoms. The lowest BCUT2D eigenvalue weighted by Crippen LogP contribution is -2.30. The second kappa shape index (κ2) is 9.64. The maximum absolute atomic E-state index is 13.1. The normalized spacial score (nSPS) is 15.8. The highest BCUT2D eigenvalue weighted by Gasteiger charge is 2.30. The average Bonchev–Trinajstić information content (AvgIpc) is 3.27. The number of pyridine rings is 2. The predicted octanol–water partition coefficient (Wildman–Crippen LogP) is 5.18. The Morgan fingerprint density at radius 2 is 1.84 bits per heavy atom. The number of aryl methyl sites for hydroxylation is 1. The molecule has 3 aromatic rings. The molecule has 0 radical (unpaired) electrons. The number of halogens is 2. The summed E-state index contributed by atoms with van der Waals surface area (Å²) in [5, 5.41) is 3.08. The van der Waals surface area contributed by atoms with E-state index in [1.807, 2.05) is 23.1 Å². The molecular formula is C24H24F2N4O. The summed E-state index contributed by atoms with van der Waals surface area (Å²) in [4.78, 5) is 23.4. The maximum Gasteiger partial charge on any atom is 0.223 e. The molecule has 160 valence electrons. The van der Waals surface area contributed by atoms with Crippen LogP contribution in [0.3, 0.4) is 0 Å². The Labute approximate surface area is 180 Å². The zero-order valence-corrected chi connectivity index (χ0v) is 17.1. The highest BCUT2D eigenvalue weighted by atomic mass is 19.1. The summed E-state index contributed by atoms with van der Waals surface area (Å²) in [5.74, 6) is 0.578. The highest BCUT2D eigenvalue weighted by Crippen LogP contribution is 2.32. The lowest BCUT2D eigenvalue weighted by molar-refractivity contribution is -0.132. The lowest BCUT2D eigenvalue weighted by Gasteiger charge is -2.25. The molecule has 1 aromatic carbocycles. The minimum Gasteiger partial charge on any atom is -0.334 e. The van der Waals surface area contributed by atoms with Crippen LogP contribution >= 0.6 is 0 Å². The van der Waals surface area contributed by atoms with Gasteiger partial charge in [-0.3, -0.25) is 4.79 Å². The predicted molar refractivity (Wildman–Crippen MR) is 115 cm³/mol. The Kier molecular flexibility index (Phi) is 6.50. The minimum atomic E-state index is -0.396. The van der Waals surface area contributed by atoms with Crippen LogP contribution in [-0.4, -0.2) is 27.3 Å². The van der Waals surface area contributed by atoms with Gasteiger partial charge in [-0.2, -0.15) is 0 Å². The molecule has 1 fully saturated rings. The molecule has 1 N–H and O–H groups in total. The van der Waals surface area contributed by atoms with E-state index in [2.05, 4.69) is 15.3 Å². The smallest absolute Gasteiger partial charge is 0.223 e. The number of amides is 1. The molecule has 5 nitrogen and oxygen atoms in total. The summed E-state index contributed by atoms with van der Waals surface area (Å²) in [6.45, 7) is 0.721. The van der Waals surface area contributed by atoms with Crippen LogP contribution in [0.1, 0.15) is 43.0 Å². The van der Waals surface area contributed by atoms with Crippen molar-refractivity contribution in [3.05, 3.63) is 83.7 Å². The van der Waals surface area contributed by atoms with Gasteiger partial charge in [0.2, 0.25) is 5.91 Å². The van der Waals surface area contributed by atoms with E-state index in [4.69, 9.17) is 0 Å². The number of hydrogen-bond acceptors (Lipinski definition) is 4. The number of carbonyl (C=O) groups is 1. The number of benzene rings is 1. The molecule has 31 heavy (non-hydrogen) atoms. The minimum absolute atomic E-state index is 0.0544. The average molecular weight is 422 g/mol.